The van der Waals surface area contributed by atoms with Crippen LogP contribution in [0.5, 0.6) is 0 Å². The topological polar surface area (TPSA) is 56.3 Å². The van der Waals surface area contributed by atoms with Gasteiger partial charge in [0, 0.05) is 16.7 Å². The number of carbonyl (C=O) groups excluding carboxylic acids is 2. The van der Waals surface area contributed by atoms with E-state index in [-0.39, 0.29) is 5.78 Å². The Morgan fingerprint density at radius 2 is 1.36 bits per heavy atom. The summed E-state index contributed by atoms with van der Waals surface area (Å²) in [5.74, 6) is -0.837. The maximum Gasteiger partial charge on any atom is 0.339 e. The number of carbonyl (C=O) groups is 2. The van der Waals surface area contributed by atoms with E-state index in [1.54, 1.807) is 48.5 Å². The van der Waals surface area contributed by atoms with Crippen molar-refractivity contribution in [3.05, 3.63) is 126 Å². The van der Waals surface area contributed by atoms with Gasteiger partial charge in [-0.05, 0) is 18.2 Å². The second kappa shape index (κ2) is 9.18. The lowest BCUT2D eigenvalue weighted by molar-refractivity contribution is 0.0281. The molecule has 0 unspecified atom stereocenters. The molecule has 0 amide bonds. The average Bonchev–Trinajstić information content (AvgIpc) is 3.32. The highest BCUT2D eigenvalue weighted by molar-refractivity contribution is 7.21. The minimum Gasteiger partial charge on any atom is -0.445 e. The Labute approximate surface area is 195 Å². The summed E-state index contributed by atoms with van der Waals surface area (Å²) < 4.78 is 6.90. The highest BCUT2D eigenvalue weighted by Crippen LogP contribution is 2.33. The minimum absolute atomic E-state index is 0.271. The molecule has 5 rings (SSSR count). The van der Waals surface area contributed by atoms with Crippen LogP contribution in [0.3, 0.4) is 0 Å². The average molecular weight is 450 g/mol. The van der Waals surface area contributed by atoms with E-state index in [4.69, 9.17) is 4.74 Å². The van der Waals surface area contributed by atoms with Crippen LogP contribution in [0.1, 0.15) is 32.4 Å². The molecule has 0 saturated carbocycles. The lowest BCUT2D eigenvalue weighted by atomic mass is 9.99. The summed E-state index contributed by atoms with van der Waals surface area (Å²) in [5.41, 5.74) is 3.04. The summed E-state index contributed by atoms with van der Waals surface area (Å²) in [6.45, 7) is 0. The zero-order chi connectivity index (χ0) is 22.6. The van der Waals surface area contributed by atoms with Gasteiger partial charge in [0.1, 0.15) is 5.01 Å². The number of thiazole rings is 1. The molecule has 0 spiro atoms. The number of esters is 1. The predicted molar refractivity (Wildman–Crippen MR) is 130 cm³/mol. The molecule has 1 aromatic heterocycles. The van der Waals surface area contributed by atoms with Crippen molar-refractivity contribution >= 4 is 33.3 Å². The molecule has 5 heteroatoms. The van der Waals surface area contributed by atoms with Crippen LogP contribution in [0.25, 0.3) is 20.8 Å². The first-order valence-electron chi connectivity index (χ1n) is 10.5. The van der Waals surface area contributed by atoms with Crippen LogP contribution in [0.15, 0.2) is 109 Å². The molecule has 0 N–H and O–H groups in total. The van der Waals surface area contributed by atoms with Crippen molar-refractivity contribution < 1.29 is 14.3 Å². The number of benzene rings is 4. The third kappa shape index (κ3) is 4.31. The summed E-state index contributed by atoms with van der Waals surface area (Å²) in [6, 6.07) is 33.0. The highest BCUT2D eigenvalue weighted by Gasteiger charge is 2.28. The van der Waals surface area contributed by atoms with Crippen molar-refractivity contribution in [2.75, 3.05) is 0 Å². The normalized spacial score (nSPS) is 11.8. The van der Waals surface area contributed by atoms with Gasteiger partial charge in [-0.15, -0.1) is 11.3 Å². The van der Waals surface area contributed by atoms with Crippen LogP contribution in [0, 0.1) is 0 Å². The number of nitrogens with zero attached hydrogens (tertiary/aromatic N) is 1. The van der Waals surface area contributed by atoms with Crippen LogP contribution in [0.2, 0.25) is 0 Å². The summed E-state index contributed by atoms with van der Waals surface area (Å²) in [7, 11) is 0. The van der Waals surface area contributed by atoms with Gasteiger partial charge in [-0.2, -0.15) is 0 Å². The number of ketones is 1. The SMILES string of the molecule is O=C(O[C@H](C(=O)c1ccccc1)c1ccccc1)c1ccccc1-c1nc2ccccc2s1. The van der Waals surface area contributed by atoms with Gasteiger partial charge in [0.25, 0.3) is 0 Å². The first kappa shape index (κ1) is 20.8. The van der Waals surface area contributed by atoms with Gasteiger partial charge < -0.3 is 4.74 Å². The van der Waals surface area contributed by atoms with E-state index in [9.17, 15) is 9.59 Å². The Morgan fingerprint density at radius 3 is 2.12 bits per heavy atom. The number of aromatic nitrogens is 1. The van der Waals surface area contributed by atoms with E-state index in [0.717, 1.165) is 15.2 Å². The highest BCUT2D eigenvalue weighted by atomic mass is 32.1. The molecule has 0 aliphatic heterocycles. The fraction of sp³-hybridized carbons (Fsp3) is 0.0357. The first-order valence-corrected chi connectivity index (χ1v) is 11.3. The fourth-order valence-corrected chi connectivity index (χ4v) is 4.67. The van der Waals surface area contributed by atoms with Crippen molar-refractivity contribution in [3.8, 4) is 10.6 Å². The van der Waals surface area contributed by atoms with E-state index in [2.05, 4.69) is 4.98 Å². The summed E-state index contributed by atoms with van der Waals surface area (Å²) >= 11 is 1.51. The van der Waals surface area contributed by atoms with Gasteiger partial charge in [-0.1, -0.05) is 91.0 Å². The van der Waals surface area contributed by atoms with E-state index in [0.29, 0.717) is 22.3 Å². The summed E-state index contributed by atoms with van der Waals surface area (Å²) in [4.78, 5) is 31.4. The predicted octanol–water partition coefficient (Wildman–Crippen LogP) is 6.74. The van der Waals surface area contributed by atoms with E-state index in [1.165, 1.54) is 11.3 Å². The third-order valence-corrected chi connectivity index (χ3v) is 6.36. The van der Waals surface area contributed by atoms with Gasteiger partial charge in [-0.25, -0.2) is 9.78 Å². The molecule has 0 saturated heterocycles. The molecule has 1 atom stereocenters. The van der Waals surface area contributed by atoms with E-state index >= 15 is 0 Å². The number of ether oxygens (including phenoxy) is 1. The zero-order valence-corrected chi connectivity index (χ0v) is 18.4. The molecule has 0 aliphatic rings. The number of rotatable bonds is 6. The van der Waals surface area contributed by atoms with Crippen LogP contribution in [-0.4, -0.2) is 16.7 Å². The molecule has 160 valence electrons. The third-order valence-electron chi connectivity index (χ3n) is 5.29. The Hall–Kier alpha value is -4.09. The quantitative estimate of drug-likeness (QED) is 0.213. The smallest absolute Gasteiger partial charge is 0.339 e. The molecule has 5 aromatic rings. The van der Waals surface area contributed by atoms with Gasteiger partial charge in [0.05, 0.1) is 15.8 Å². The Morgan fingerprint density at radius 1 is 0.727 bits per heavy atom. The summed E-state index contributed by atoms with van der Waals surface area (Å²) in [5, 5.41) is 0.731. The molecule has 0 fully saturated rings. The van der Waals surface area contributed by atoms with Gasteiger partial charge in [-0.3, -0.25) is 4.79 Å². The molecule has 0 bridgehead atoms. The first-order chi connectivity index (χ1) is 16.2. The fourth-order valence-electron chi connectivity index (χ4n) is 3.66. The zero-order valence-electron chi connectivity index (χ0n) is 17.5. The molecule has 0 radical (unpaired) electrons. The molecular formula is C28H19NO3S. The molecule has 1 heterocycles. The lowest BCUT2D eigenvalue weighted by Gasteiger charge is -2.18. The van der Waals surface area contributed by atoms with Crippen molar-refractivity contribution in [1.29, 1.82) is 0 Å². The van der Waals surface area contributed by atoms with Crippen LogP contribution < -0.4 is 0 Å². The Bertz CT molecular complexity index is 1390. The van der Waals surface area contributed by atoms with Gasteiger partial charge in [0.2, 0.25) is 5.78 Å². The number of fused-ring (bicyclic) bond motifs is 1. The maximum absolute atomic E-state index is 13.4. The van der Waals surface area contributed by atoms with Crippen molar-refractivity contribution in [2.45, 2.75) is 6.10 Å². The van der Waals surface area contributed by atoms with Crippen LogP contribution in [-0.2, 0) is 4.74 Å². The van der Waals surface area contributed by atoms with Gasteiger partial charge >= 0.3 is 5.97 Å². The number of para-hydroxylation sites is 1. The standard InChI is InChI=1S/C28H19NO3S/c30-25(19-11-3-1-4-12-19)26(20-13-5-2-6-14-20)32-28(31)22-16-8-7-15-21(22)27-29-23-17-9-10-18-24(23)33-27/h1-18,26H/t26-/m0/s1. The van der Waals surface area contributed by atoms with Crippen LogP contribution in [0.4, 0.5) is 0 Å². The minimum atomic E-state index is -1.05. The summed E-state index contributed by atoms with van der Waals surface area (Å²) in [6.07, 6.45) is -1.05. The number of hydrogen-bond donors (Lipinski definition) is 0. The monoisotopic (exact) mass is 449 g/mol. The second-order valence-corrected chi connectivity index (χ2v) is 8.49. The largest absolute Gasteiger partial charge is 0.445 e. The van der Waals surface area contributed by atoms with E-state index < -0.39 is 12.1 Å². The van der Waals surface area contributed by atoms with Crippen molar-refractivity contribution in [3.63, 3.8) is 0 Å². The number of hydrogen-bond acceptors (Lipinski definition) is 5. The number of Topliss-reactive ketones (excluding diaryl/α,β-unsaturated/α-hetero) is 1. The molecule has 4 nitrogen and oxygen atoms in total. The van der Waals surface area contributed by atoms with Crippen molar-refractivity contribution in [2.24, 2.45) is 0 Å². The Kier molecular flexibility index (Phi) is 5.79. The molecule has 0 aliphatic carbocycles. The maximum atomic E-state index is 13.4. The van der Waals surface area contributed by atoms with E-state index in [1.807, 2.05) is 60.7 Å². The van der Waals surface area contributed by atoms with Crippen molar-refractivity contribution in [1.82, 2.24) is 4.98 Å². The lowest BCUT2D eigenvalue weighted by Crippen LogP contribution is -2.20. The van der Waals surface area contributed by atoms with Gasteiger partial charge in [0.15, 0.2) is 6.10 Å². The van der Waals surface area contributed by atoms with Crippen LogP contribution >= 0.6 is 11.3 Å². The molecular weight excluding hydrogens is 430 g/mol. The Balaban J connectivity index is 1.51. The molecule has 33 heavy (non-hydrogen) atoms. The second-order valence-electron chi connectivity index (χ2n) is 7.46. The molecule has 4 aromatic carbocycles.